The van der Waals surface area contributed by atoms with Crippen LogP contribution in [-0.2, 0) is 15.6 Å². The predicted octanol–water partition coefficient (Wildman–Crippen LogP) is 6.18. The lowest BCUT2D eigenvalue weighted by Crippen LogP contribution is -2.09. The number of fused-ring (bicyclic) bond motifs is 1. The Morgan fingerprint density at radius 3 is 2.61 bits per heavy atom. The SMILES string of the molecule is CS(=O)c1ccc2nc(-c3ccc(C4=CCC(=NC5CCCC(CC(=O)O)CC5)C=C4)cc3)[nH]c2c1. The number of carbonyl (C=O) groups is 1. The van der Waals surface area contributed by atoms with Gasteiger partial charge < -0.3 is 10.1 Å². The number of benzene rings is 2. The van der Waals surface area contributed by atoms with Crippen LogP contribution < -0.4 is 0 Å². The summed E-state index contributed by atoms with van der Waals surface area (Å²) in [6.45, 7) is 0. The monoisotopic (exact) mass is 501 g/mol. The second-order valence-corrected chi connectivity index (χ2v) is 11.1. The summed E-state index contributed by atoms with van der Waals surface area (Å²) >= 11 is 0. The van der Waals surface area contributed by atoms with Crippen LogP contribution in [0.1, 0.15) is 50.5 Å². The van der Waals surface area contributed by atoms with Crippen LogP contribution in [0.15, 0.2) is 70.6 Å². The van der Waals surface area contributed by atoms with E-state index in [2.05, 4.69) is 52.5 Å². The summed E-state index contributed by atoms with van der Waals surface area (Å²) in [5.41, 5.74) is 6.19. The van der Waals surface area contributed by atoms with Gasteiger partial charge in [-0.1, -0.05) is 42.8 Å². The van der Waals surface area contributed by atoms with Crippen molar-refractivity contribution in [1.82, 2.24) is 9.97 Å². The van der Waals surface area contributed by atoms with E-state index in [4.69, 9.17) is 10.1 Å². The van der Waals surface area contributed by atoms with Crippen LogP contribution in [0.5, 0.6) is 0 Å². The van der Waals surface area contributed by atoms with Gasteiger partial charge in [0.1, 0.15) is 5.82 Å². The Balaban J connectivity index is 1.23. The minimum absolute atomic E-state index is 0.284. The largest absolute Gasteiger partial charge is 0.481 e. The molecule has 7 heteroatoms. The molecule has 0 saturated heterocycles. The lowest BCUT2D eigenvalue weighted by atomic mass is 9.96. The summed E-state index contributed by atoms with van der Waals surface area (Å²) in [4.78, 5) is 24.8. The summed E-state index contributed by atoms with van der Waals surface area (Å²) in [6, 6.07) is 14.3. The molecule has 2 aliphatic carbocycles. The number of nitrogens with zero attached hydrogens (tertiary/aromatic N) is 2. The topological polar surface area (TPSA) is 95.4 Å². The molecule has 3 atom stereocenters. The molecule has 3 unspecified atom stereocenters. The fraction of sp³-hybridized carbons (Fsp3) is 0.345. The highest BCUT2D eigenvalue weighted by atomic mass is 32.2. The average molecular weight is 502 g/mol. The maximum atomic E-state index is 11.8. The van der Waals surface area contributed by atoms with Crippen LogP contribution >= 0.6 is 0 Å². The zero-order chi connectivity index (χ0) is 25.1. The van der Waals surface area contributed by atoms with Crippen LogP contribution in [0.2, 0.25) is 0 Å². The molecule has 186 valence electrons. The number of carboxylic acids is 1. The van der Waals surface area contributed by atoms with Gasteiger partial charge in [-0.25, -0.2) is 4.98 Å². The number of allylic oxidation sites excluding steroid dienone is 4. The van der Waals surface area contributed by atoms with Gasteiger partial charge in [0, 0.05) is 46.1 Å². The molecular weight excluding hydrogens is 470 g/mol. The van der Waals surface area contributed by atoms with Crippen LogP contribution in [0.3, 0.4) is 0 Å². The Morgan fingerprint density at radius 1 is 1.08 bits per heavy atom. The van der Waals surface area contributed by atoms with E-state index in [-0.39, 0.29) is 6.42 Å². The molecule has 2 aliphatic rings. The molecule has 2 aromatic carbocycles. The van der Waals surface area contributed by atoms with Gasteiger partial charge in [0.2, 0.25) is 0 Å². The number of hydrogen-bond acceptors (Lipinski definition) is 4. The first-order valence-electron chi connectivity index (χ1n) is 12.6. The summed E-state index contributed by atoms with van der Waals surface area (Å²) in [5.74, 6) is 0.405. The summed E-state index contributed by atoms with van der Waals surface area (Å²) in [5, 5.41) is 9.07. The van der Waals surface area contributed by atoms with Crippen LogP contribution in [0.25, 0.3) is 28.0 Å². The highest BCUT2D eigenvalue weighted by Gasteiger charge is 2.21. The molecule has 0 aliphatic heterocycles. The van der Waals surface area contributed by atoms with Crippen molar-refractivity contribution in [3.63, 3.8) is 0 Å². The second kappa shape index (κ2) is 10.7. The van der Waals surface area contributed by atoms with E-state index >= 15 is 0 Å². The van der Waals surface area contributed by atoms with Gasteiger partial charge in [0.05, 0.1) is 17.1 Å². The minimum atomic E-state index is -1.02. The number of hydrogen-bond donors (Lipinski definition) is 2. The molecule has 6 nitrogen and oxygen atoms in total. The third kappa shape index (κ3) is 5.73. The molecule has 0 bridgehead atoms. The number of aliphatic carboxylic acids is 1. The summed E-state index contributed by atoms with van der Waals surface area (Å²) in [6.07, 6.45) is 14.3. The number of carboxylic acid groups (broad SMARTS) is 1. The van der Waals surface area contributed by atoms with Crippen molar-refractivity contribution in [2.24, 2.45) is 10.9 Å². The number of H-pyrrole nitrogens is 1. The molecular formula is C29H31N3O3S. The number of rotatable bonds is 6. The van der Waals surface area contributed by atoms with E-state index < -0.39 is 16.8 Å². The number of nitrogens with one attached hydrogen (secondary N) is 1. The first-order chi connectivity index (χ1) is 17.4. The molecule has 2 N–H and O–H groups in total. The van der Waals surface area contributed by atoms with E-state index in [0.29, 0.717) is 12.0 Å². The molecule has 1 aromatic heterocycles. The standard InChI is InChI=1S/C29H31N3O3S/c1-36(35)25-15-16-26-27(18-25)32-29(31-26)22-8-6-20(7-9-22)21-10-13-24(14-11-21)30-23-4-2-3-19(5-12-23)17-28(33)34/h6-11,13,15-16,18-19,23H,2-5,12,14,17H2,1H3,(H,31,32)(H,33,34). The Kier molecular flexibility index (Phi) is 7.28. The lowest BCUT2D eigenvalue weighted by Gasteiger charge is -2.14. The van der Waals surface area contributed by atoms with E-state index in [1.807, 2.05) is 18.2 Å². The molecule has 1 heterocycles. The zero-order valence-corrected chi connectivity index (χ0v) is 21.3. The van der Waals surface area contributed by atoms with Crippen molar-refractivity contribution < 1.29 is 14.1 Å². The second-order valence-electron chi connectivity index (χ2n) is 9.74. The van der Waals surface area contributed by atoms with Gasteiger partial charge in [-0.2, -0.15) is 0 Å². The fourth-order valence-corrected chi connectivity index (χ4v) is 5.69. The summed E-state index contributed by atoms with van der Waals surface area (Å²) in [7, 11) is -1.02. The lowest BCUT2D eigenvalue weighted by molar-refractivity contribution is -0.138. The Morgan fingerprint density at radius 2 is 1.89 bits per heavy atom. The third-order valence-electron chi connectivity index (χ3n) is 7.13. The van der Waals surface area contributed by atoms with Gasteiger partial charge in [-0.15, -0.1) is 0 Å². The first-order valence-corrected chi connectivity index (χ1v) is 14.1. The molecule has 36 heavy (non-hydrogen) atoms. The first kappa shape index (κ1) is 24.4. The molecule has 0 spiro atoms. The van der Waals surface area contributed by atoms with Gasteiger partial charge in [-0.05, 0) is 67.0 Å². The average Bonchev–Trinajstić information content (AvgIpc) is 3.19. The van der Waals surface area contributed by atoms with Gasteiger partial charge in [0.15, 0.2) is 0 Å². The van der Waals surface area contributed by atoms with Crippen LogP contribution in [0, 0.1) is 5.92 Å². The highest BCUT2D eigenvalue weighted by molar-refractivity contribution is 7.84. The Bertz CT molecular complexity index is 1380. The zero-order valence-electron chi connectivity index (χ0n) is 20.4. The molecule has 0 amide bonds. The molecule has 0 radical (unpaired) electrons. The number of aliphatic imine (C=N–C) groups is 1. The number of aromatic amines is 1. The van der Waals surface area contributed by atoms with Crippen LogP contribution in [-0.4, -0.2) is 43.3 Å². The maximum Gasteiger partial charge on any atom is 0.303 e. The smallest absolute Gasteiger partial charge is 0.303 e. The van der Waals surface area contributed by atoms with Crippen molar-refractivity contribution in [2.45, 2.75) is 55.9 Å². The third-order valence-corrected chi connectivity index (χ3v) is 8.05. The Hall–Kier alpha value is -3.32. The molecule has 5 rings (SSSR count). The van der Waals surface area contributed by atoms with E-state index in [1.54, 1.807) is 6.26 Å². The molecule has 3 aromatic rings. The van der Waals surface area contributed by atoms with Gasteiger partial charge >= 0.3 is 5.97 Å². The predicted molar refractivity (Wildman–Crippen MR) is 146 cm³/mol. The van der Waals surface area contributed by atoms with Crippen molar-refractivity contribution in [3.8, 4) is 11.4 Å². The van der Waals surface area contributed by atoms with Crippen molar-refractivity contribution in [2.75, 3.05) is 6.26 Å². The summed E-state index contributed by atoms with van der Waals surface area (Å²) < 4.78 is 11.8. The molecule has 1 saturated carbocycles. The van der Waals surface area contributed by atoms with Gasteiger partial charge in [0.25, 0.3) is 0 Å². The van der Waals surface area contributed by atoms with E-state index in [9.17, 15) is 9.00 Å². The maximum absolute atomic E-state index is 11.8. The quantitative estimate of drug-likeness (QED) is 0.395. The van der Waals surface area contributed by atoms with E-state index in [1.165, 1.54) is 5.57 Å². The highest BCUT2D eigenvalue weighted by Crippen LogP contribution is 2.29. The number of imidazole rings is 1. The fourth-order valence-electron chi connectivity index (χ4n) is 5.14. The van der Waals surface area contributed by atoms with Gasteiger partial charge in [-0.3, -0.25) is 14.0 Å². The van der Waals surface area contributed by atoms with Crippen LogP contribution in [0.4, 0.5) is 0 Å². The minimum Gasteiger partial charge on any atom is -0.481 e. The van der Waals surface area contributed by atoms with Crippen molar-refractivity contribution >= 4 is 39.1 Å². The Labute approximate surface area is 213 Å². The van der Waals surface area contributed by atoms with E-state index in [0.717, 1.165) is 77.1 Å². The number of aromatic nitrogens is 2. The van der Waals surface area contributed by atoms with Crippen molar-refractivity contribution in [1.29, 1.82) is 0 Å². The molecule has 1 fully saturated rings. The van der Waals surface area contributed by atoms with Crippen molar-refractivity contribution in [3.05, 3.63) is 66.3 Å². The normalized spacial score (nSPS) is 22.4.